The maximum atomic E-state index is 3.81. The van der Waals surface area contributed by atoms with E-state index in [0.717, 1.165) is 5.92 Å². The van der Waals surface area contributed by atoms with Crippen molar-refractivity contribution >= 4 is 11.8 Å². The number of benzene rings is 1. The summed E-state index contributed by atoms with van der Waals surface area (Å²) in [6.07, 6.45) is 4.68. The highest BCUT2D eigenvalue weighted by Crippen LogP contribution is 2.21. The molecule has 1 aromatic rings. The maximum Gasteiger partial charge on any atom is 0.0294 e. The summed E-state index contributed by atoms with van der Waals surface area (Å²) in [7, 11) is 0. The van der Waals surface area contributed by atoms with Crippen molar-refractivity contribution in [1.29, 1.82) is 0 Å². The van der Waals surface area contributed by atoms with Gasteiger partial charge >= 0.3 is 0 Å². The van der Waals surface area contributed by atoms with E-state index in [-0.39, 0.29) is 0 Å². The van der Waals surface area contributed by atoms with E-state index >= 15 is 0 Å². The molecule has 1 heterocycles. The quantitative estimate of drug-likeness (QED) is 0.794. The molecule has 118 valence electrons. The van der Waals surface area contributed by atoms with Gasteiger partial charge < -0.3 is 10.2 Å². The van der Waals surface area contributed by atoms with Crippen LogP contribution >= 0.6 is 11.8 Å². The van der Waals surface area contributed by atoms with Crippen LogP contribution in [-0.4, -0.2) is 36.8 Å². The van der Waals surface area contributed by atoms with E-state index in [0.29, 0.717) is 12.1 Å². The zero-order chi connectivity index (χ0) is 15.2. The molecule has 0 aliphatic carbocycles. The van der Waals surface area contributed by atoms with Crippen LogP contribution in [0, 0.1) is 5.92 Å². The van der Waals surface area contributed by atoms with E-state index in [2.05, 4.69) is 61.5 Å². The van der Waals surface area contributed by atoms with Crippen molar-refractivity contribution in [3.05, 3.63) is 29.8 Å². The Labute approximate surface area is 134 Å². The van der Waals surface area contributed by atoms with Gasteiger partial charge in [-0.2, -0.15) is 0 Å². The second kappa shape index (κ2) is 8.21. The summed E-state index contributed by atoms with van der Waals surface area (Å²) in [5.74, 6) is 0.781. The van der Waals surface area contributed by atoms with Gasteiger partial charge in [0.05, 0.1) is 0 Å². The van der Waals surface area contributed by atoms with Crippen LogP contribution in [0.3, 0.4) is 0 Å². The van der Waals surface area contributed by atoms with E-state index in [1.165, 1.54) is 42.9 Å². The summed E-state index contributed by atoms with van der Waals surface area (Å²) in [6, 6.07) is 10.1. The first kappa shape index (κ1) is 16.9. The molecule has 2 nitrogen and oxygen atoms in total. The number of rotatable bonds is 6. The largest absolute Gasteiger partial charge is 0.307 e. The zero-order valence-electron chi connectivity index (χ0n) is 13.9. The molecular weight excluding hydrogens is 276 g/mol. The lowest BCUT2D eigenvalue weighted by Gasteiger charge is -2.34. The van der Waals surface area contributed by atoms with Crippen molar-refractivity contribution in [3.8, 4) is 0 Å². The highest BCUT2D eigenvalue weighted by Gasteiger charge is 2.21. The van der Waals surface area contributed by atoms with Gasteiger partial charge in [-0.1, -0.05) is 26.0 Å². The fourth-order valence-electron chi connectivity index (χ4n) is 3.14. The lowest BCUT2D eigenvalue weighted by atomic mass is 10.0. The standard InChI is InChI=1S/C18H30N2S/c1-14(2)13-20-11-9-17(10-12-20)19-15(3)16-5-7-18(21-4)8-6-16/h5-8,14-15,17,19H,9-13H2,1-4H3. The minimum Gasteiger partial charge on any atom is -0.307 e. The SMILES string of the molecule is CSc1ccc(C(C)NC2CCN(CC(C)C)CC2)cc1. The lowest BCUT2D eigenvalue weighted by molar-refractivity contribution is 0.175. The minimum absolute atomic E-state index is 0.447. The first-order valence-corrected chi connectivity index (χ1v) is 9.43. The third kappa shape index (κ3) is 5.32. The van der Waals surface area contributed by atoms with Crippen LogP contribution in [0.2, 0.25) is 0 Å². The van der Waals surface area contributed by atoms with Gasteiger partial charge in [-0.15, -0.1) is 11.8 Å². The van der Waals surface area contributed by atoms with Gasteiger partial charge in [-0.05, 0) is 62.7 Å². The van der Waals surface area contributed by atoms with Crippen molar-refractivity contribution in [2.75, 3.05) is 25.9 Å². The fourth-order valence-corrected chi connectivity index (χ4v) is 3.55. The summed E-state index contributed by atoms with van der Waals surface area (Å²) in [5, 5.41) is 3.81. The minimum atomic E-state index is 0.447. The Hall–Kier alpha value is -0.510. The fraction of sp³-hybridized carbons (Fsp3) is 0.667. The number of nitrogens with one attached hydrogen (secondary N) is 1. The molecule has 1 unspecified atom stereocenters. The molecule has 1 aromatic carbocycles. The smallest absolute Gasteiger partial charge is 0.0294 e. The topological polar surface area (TPSA) is 15.3 Å². The highest BCUT2D eigenvalue weighted by atomic mass is 32.2. The van der Waals surface area contributed by atoms with Crippen molar-refractivity contribution in [2.45, 2.75) is 50.6 Å². The number of hydrogen-bond donors (Lipinski definition) is 1. The molecule has 0 radical (unpaired) electrons. The molecule has 0 amide bonds. The van der Waals surface area contributed by atoms with Gasteiger partial charge in [0.1, 0.15) is 0 Å². The molecule has 0 bridgehead atoms. The molecule has 1 atom stereocenters. The Morgan fingerprint density at radius 1 is 1.14 bits per heavy atom. The predicted octanol–water partition coefficient (Wildman–Crippen LogP) is 4.18. The van der Waals surface area contributed by atoms with Gasteiger partial charge in [0.15, 0.2) is 0 Å². The van der Waals surface area contributed by atoms with E-state index < -0.39 is 0 Å². The third-order valence-corrected chi connectivity index (χ3v) is 5.06. The van der Waals surface area contributed by atoms with Gasteiger partial charge in [0, 0.05) is 23.5 Å². The Kier molecular flexibility index (Phi) is 6.59. The summed E-state index contributed by atoms with van der Waals surface area (Å²) < 4.78 is 0. The normalized spacial score (nSPS) is 19.1. The molecule has 1 aliphatic rings. The number of likely N-dealkylation sites (tertiary alicyclic amines) is 1. The lowest BCUT2D eigenvalue weighted by Crippen LogP contribution is -2.44. The van der Waals surface area contributed by atoms with Crippen LogP contribution in [0.15, 0.2) is 29.2 Å². The summed E-state index contributed by atoms with van der Waals surface area (Å²) >= 11 is 1.80. The van der Waals surface area contributed by atoms with Crippen LogP contribution in [0.4, 0.5) is 0 Å². The van der Waals surface area contributed by atoms with Crippen molar-refractivity contribution in [3.63, 3.8) is 0 Å². The Bertz CT molecular complexity index is 408. The van der Waals surface area contributed by atoms with Gasteiger partial charge in [-0.25, -0.2) is 0 Å². The first-order valence-electron chi connectivity index (χ1n) is 8.21. The molecule has 21 heavy (non-hydrogen) atoms. The molecule has 1 fully saturated rings. The molecule has 0 aromatic heterocycles. The molecule has 1 N–H and O–H groups in total. The van der Waals surface area contributed by atoms with Gasteiger partial charge in [0.25, 0.3) is 0 Å². The monoisotopic (exact) mass is 306 g/mol. The summed E-state index contributed by atoms with van der Waals surface area (Å²) in [5.41, 5.74) is 1.40. The molecular formula is C18H30N2S. The molecule has 2 rings (SSSR count). The Morgan fingerprint density at radius 3 is 2.29 bits per heavy atom. The molecule has 3 heteroatoms. The zero-order valence-corrected chi connectivity index (χ0v) is 14.7. The molecule has 1 aliphatic heterocycles. The van der Waals surface area contributed by atoms with E-state index in [1.807, 2.05) is 0 Å². The molecule has 0 saturated carbocycles. The van der Waals surface area contributed by atoms with Gasteiger partial charge in [-0.3, -0.25) is 0 Å². The van der Waals surface area contributed by atoms with Crippen LogP contribution in [0.5, 0.6) is 0 Å². The van der Waals surface area contributed by atoms with Crippen LogP contribution in [0.1, 0.15) is 45.2 Å². The first-order chi connectivity index (χ1) is 10.1. The number of hydrogen-bond acceptors (Lipinski definition) is 3. The highest BCUT2D eigenvalue weighted by molar-refractivity contribution is 7.98. The average Bonchev–Trinajstić information content (AvgIpc) is 2.49. The van der Waals surface area contributed by atoms with Crippen molar-refractivity contribution in [1.82, 2.24) is 10.2 Å². The third-order valence-electron chi connectivity index (χ3n) is 4.31. The maximum absolute atomic E-state index is 3.81. The van der Waals surface area contributed by atoms with Crippen LogP contribution < -0.4 is 5.32 Å². The number of thioether (sulfide) groups is 1. The van der Waals surface area contributed by atoms with Crippen molar-refractivity contribution < 1.29 is 0 Å². The summed E-state index contributed by atoms with van der Waals surface area (Å²) in [4.78, 5) is 3.95. The summed E-state index contributed by atoms with van der Waals surface area (Å²) in [6.45, 7) is 10.6. The van der Waals surface area contributed by atoms with E-state index in [9.17, 15) is 0 Å². The second-order valence-electron chi connectivity index (χ2n) is 6.63. The molecule has 0 spiro atoms. The number of nitrogens with zero attached hydrogens (tertiary/aromatic N) is 1. The van der Waals surface area contributed by atoms with E-state index in [1.54, 1.807) is 11.8 Å². The average molecular weight is 307 g/mol. The van der Waals surface area contributed by atoms with Crippen LogP contribution in [0.25, 0.3) is 0 Å². The van der Waals surface area contributed by atoms with Crippen LogP contribution in [-0.2, 0) is 0 Å². The predicted molar refractivity (Wildman–Crippen MR) is 94.1 cm³/mol. The number of piperidine rings is 1. The second-order valence-corrected chi connectivity index (χ2v) is 7.51. The Balaban J connectivity index is 1.79. The van der Waals surface area contributed by atoms with E-state index in [4.69, 9.17) is 0 Å². The van der Waals surface area contributed by atoms with Gasteiger partial charge in [0.2, 0.25) is 0 Å². The van der Waals surface area contributed by atoms with Crippen molar-refractivity contribution in [2.24, 2.45) is 5.92 Å². The Morgan fingerprint density at radius 2 is 1.76 bits per heavy atom. The molecule has 1 saturated heterocycles.